The van der Waals surface area contributed by atoms with Gasteiger partial charge in [-0.15, -0.1) is 0 Å². The summed E-state index contributed by atoms with van der Waals surface area (Å²) in [5, 5.41) is 0. The summed E-state index contributed by atoms with van der Waals surface area (Å²) in [6, 6.07) is 0. The van der Waals surface area contributed by atoms with E-state index in [2.05, 4.69) is 9.97 Å². The zero-order chi connectivity index (χ0) is 11.8. The molecule has 0 radical (unpaired) electrons. The van der Waals surface area contributed by atoms with Crippen molar-refractivity contribution in [3.63, 3.8) is 0 Å². The molecule has 5 nitrogen and oxygen atoms in total. The highest BCUT2D eigenvalue weighted by atomic mass is 16.5. The molecule has 0 aliphatic heterocycles. The van der Waals surface area contributed by atoms with Gasteiger partial charge in [0.2, 0.25) is 5.78 Å². The summed E-state index contributed by atoms with van der Waals surface area (Å²) < 4.78 is 6.70. The van der Waals surface area contributed by atoms with E-state index in [1.165, 1.54) is 18.4 Å². The molecule has 0 unspecified atom stereocenters. The molecule has 1 fully saturated rings. The quantitative estimate of drug-likeness (QED) is 0.755. The molecule has 5 heteroatoms. The van der Waals surface area contributed by atoms with Crippen LogP contribution >= 0.6 is 0 Å². The van der Waals surface area contributed by atoms with Crippen LogP contribution in [-0.2, 0) is 4.74 Å². The maximum Gasteiger partial charge on any atom is 0.358 e. The lowest BCUT2D eigenvalue weighted by molar-refractivity contribution is 0.0520. The molecule has 0 atom stereocenters. The van der Waals surface area contributed by atoms with Crippen LogP contribution in [0.2, 0.25) is 0 Å². The smallest absolute Gasteiger partial charge is 0.358 e. The molecule has 2 aromatic rings. The van der Waals surface area contributed by atoms with Crippen molar-refractivity contribution in [3.05, 3.63) is 29.8 Å². The third kappa shape index (κ3) is 1.88. The number of nitrogens with zero attached hydrogens (tertiary/aromatic N) is 3. The Morgan fingerprint density at radius 1 is 1.53 bits per heavy atom. The average Bonchev–Trinajstić information content (AvgIpc) is 3.08. The van der Waals surface area contributed by atoms with Gasteiger partial charge in [0.15, 0.2) is 5.69 Å². The summed E-state index contributed by atoms with van der Waals surface area (Å²) in [5.41, 5.74) is 1.53. The van der Waals surface area contributed by atoms with Gasteiger partial charge >= 0.3 is 5.97 Å². The van der Waals surface area contributed by atoms with Crippen LogP contribution in [0.25, 0.3) is 5.78 Å². The van der Waals surface area contributed by atoms with Crippen molar-refractivity contribution in [2.24, 2.45) is 0 Å². The van der Waals surface area contributed by atoms with Crippen molar-refractivity contribution in [1.82, 2.24) is 14.4 Å². The van der Waals surface area contributed by atoms with Crippen LogP contribution in [0.5, 0.6) is 0 Å². The molecule has 0 amide bonds. The fourth-order valence-electron chi connectivity index (χ4n) is 1.83. The van der Waals surface area contributed by atoms with Gasteiger partial charge in [0.1, 0.15) is 0 Å². The zero-order valence-electron chi connectivity index (χ0n) is 9.59. The molecule has 0 bridgehead atoms. The number of hydrogen-bond acceptors (Lipinski definition) is 4. The lowest BCUT2D eigenvalue weighted by Crippen LogP contribution is -2.04. The third-order valence-corrected chi connectivity index (χ3v) is 2.86. The molecule has 1 aliphatic carbocycles. The van der Waals surface area contributed by atoms with Gasteiger partial charge in [-0.3, -0.25) is 4.40 Å². The SMILES string of the molecule is CCOC(=O)c1cn2cc(C3CC3)cnc2n1. The minimum Gasteiger partial charge on any atom is -0.461 e. The van der Waals surface area contributed by atoms with Gasteiger partial charge in [0.05, 0.1) is 6.61 Å². The van der Waals surface area contributed by atoms with Crippen LogP contribution in [0.4, 0.5) is 0 Å². The van der Waals surface area contributed by atoms with Crippen LogP contribution in [0.1, 0.15) is 41.7 Å². The molecule has 88 valence electrons. The second-order valence-corrected chi connectivity index (χ2v) is 4.22. The van der Waals surface area contributed by atoms with Crippen molar-refractivity contribution >= 4 is 11.7 Å². The Balaban J connectivity index is 1.97. The molecule has 17 heavy (non-hydrogen) atoms. The number of carbonyl (C=O) groups excluding carboxylic acids is 1. The van der Waals surface area contributed by atoms with Crippen LogP contribution in [-0.4, -0.2) is 26.9 Å². The minimum absolute atomic E-state index is 0.312. The Hall–Kier alpha value is -1.91. The van der Waals surface area contributed by atoms with Gasteiger partial charge in [0.25, 0.3) is 0 Å². The number of fused-ring (bicyclic) bond motifs is 1. The van der Waals surface area contributed by atoms with Crippen molar-refractivity contribution in [2.75, 3.05) is 6.61 Å². The van der Waals surface area contributed by atoms with Crippen molar-refractivity contribution < 1.29 is 9.53 Å². The van der Waals surface area contributed by atoms with E-state index in [4.69, 9.17) is 4.74 Å². The largest absolute Gasteiger partial charge is 0.461 e. The molecule has 0 spiro atoms. The van der Waals surface area contributed by atoms with Crippen LogP contribution in [0.15, 0.2) is 18.6 Å². The lowest BCUT2D eigenvalue weighted by atomic mass is 10.2. The number of esters is 1. The number of aromatic nitrogens is 3. The summed E-state index contributed by atoms with van der Waals surface area (Å²) in [5.74, 6) is 0.781. The molecule has 2 heterocycles. The summed E-state index contributed by atoms with van der Waals surface area (Å²) in [7, 11) is 0. The van der Waals surface area contributed by atoms with Crippen LogP contribution in [0.3, 0.4) is 0 Å². The van der Waals surface area contributed by atoms with Gasteiger partial charge in [-0.25, -0.2) is 14.8 Å². The van der Waals surface area contributed by atoms with E-state index >= 15 is 0 Å². The highest BCUT2D eigenvalue weighted by Crippen LogP contribution is 2.39. The number of hydrogen-bond donors (Lipinski definition) is 0. The van der Waals surface area contributed by atoms with E-state index in [9.17, 15) is 4.79 Å². The molecule has 0 aromatic carbocycles. The fraction of sp³-hybridized carbons (Fsp3) is 0.417. The first kappa shape index (κ1) is 10.3. The van der Waals surface area contributed by atoms with Gasteiger partial charge in [-0.2, -0.15) is 0 Å². The molecule has 3 rings (SSSR count). The Morgan fingerprint density at radius 3 is 3.06 bits per heavy atom. The van der Waals surface area contributed by atoms with E-state index < -0.39 is 5.97 Å². The average molecular weight is 231 g/mol. The first-order chi connectivity index (χ1) is 8.28. The Bertz CT molecular complexity index is 572. The normalized spacial score (nSPS) is 15.1. The van der Waals surface area contributed by atoms with Gasteiger partial charge < -0.3 is 4.74 Å². The standard InChI is InChI=1S/C12H13N3O2/c1-2-17-11(16)10-7-15-6-9(8-3-4-8)5-13-12(15)14-10/h5-8H,2-4H2,1H3. The number of ether oxygens (including phenoxy) is 1. The Labute approximate surface area is 98.4 Å². The van der Waals surface area contributed by atoms with Crippen molar-refractivity contribution in [3.8, 4) is 0 Å². The number of imidazole rings is 1. The predicted octanol–water partition coefficient (Wildman–Crippen LogP) is 1.78. The lowest BCUT2D eigenvalue weighted by Gasteiger charge is -1.97. The predicted molar refractivity (Wildman–Crippen MR) is 60.9 cm³/mol. The van der Waals surface area contributed by atoms with Crippen molar-refractivity contribution in [1.29, 1.82) is 0 Å². The number of rotatable bonds is 3. The van der Waals surface area contributed by atoms with E-state index in [1.807, 2.05) is 12.4 Å². The van der Waals surface area contributed by atoms with Gasteiger partial charge in [-0.05, 0) is 31.2 Å². The van der Waals surface area contributed by atoms with E-state index in [1.54, 1.807) is 17.5 Å². The van der Waals surface area contributed by atoms with E-state index in [-0.39, 0.29) is 0 Å². The monoisotopic (exact) mass is 231 g/mol. The maximum absolute atomic E-state index is 11.5. The van der Waals surface area contributed by atoms with Crippen LogP contribution in [0, 0.1) is 0 Å². The molecular formula is C12H13N3O2. The molecule has 1 saturated carbocycles. The topological polar surface area (TPSA) is 56.5 Å². The van der Waals surface area contributed by atoms with Crippen LogP contribution < -0.4 is 0 Å². The van der Waals surface area contributed by atoms with E-state index in [0.717, 1.165) is 0 Å². The van der Waals surface area contributed by atoms with Gasteiger partial charge in [-0.1, -0.05) is 0 Å². The number of carbonyl (C=O) groups is 1. The summed E-state index contributed by atoms with van der Waals surface area (Å²) in [6.07, 6.45) is 7.97. The molecule has 2 aromatic heterocycles. The maximum atomic E-state index is 11.5. The molecule has 0 saturated heterocycles. The summed E-state index contributed by atoms with van der Waals surface area (Å²) in [4.78, 5) is 19.9. The Kier molecular flexibility index (Phi) is 2.31. The molecular weight excluding hydrogens is 218 g/mol. The fourth-order valence-corrected chi connectivity index (χ4v) is 1.83. The molecule has 1 aliphatic rings. The summed E-state index contributed by atoms with van der Waals surface area (Å²) >= 11 is 0. The van der Waals surface area contributed by atoms with Crippen molar-refractivity contribution in [2.45, 2.75) is 25.7 Å². The Morgan fingerprint density at radius 2 is 2.35 bits per heavy atom. The third-order valence-electron chi connectivity index (χ3n) is 2.86. The van der Waals surface area contributed by atoms with Gasteiger partial charge in [0, 0.05) is 18.6 Å². The highest BCUT2D eigenvalue weighted by molar-refractivity contribution is 5.87. The zero-order valence-corrected chi connectivity index (χ0v) is 9.59. The highest BCUT2D eigenvalue weighted by Gasteiger charge is 2.24. The molecule has 0 N–H and O–H groups in total. The second kappa shape index (κ2) is 3.84. The second-order valence-electron chi connectivity index (χ2n) is 4.22. The first-order valence-corrected chi connectivity index (χ1v) is 5.79. The first-order valence-electron chi connectivity index (χ1n) is 5.79. The van der Waals surface area contributed by atoms with E-state index in [0.29, 0.717) is 24.0 Å². The minimum atomic E-state index is -0.397. The summed E-state index contributed by atoms with van der Waals surface area (Å²) in [6.45, 7) is 2.13.